The highest BCUT2D eigenvalue weighted by Gasteiger charge is 2.18. The maximum absolute atomic E-state index is 11.5. The van der Waals surface area contributed by atoms with Crippen molar-refractivity contribution in [3.05, 3.63) is 42.1 Å². The highest BCUT2D eigenvalue weighted by Crippen LogP contribution is 2.33. The van der Waals surface area contributed by atoms with Crippen LogP contribution in [0.25, 0.3) is 0 Å². The highest BCUT2D eigenvalue weighted by molar-refractivity contribution is 8.01. The molecular weight excluding hydrogens is 354 g/mol. The Labute approximate surface area is 141 Å². The predicted molar refractivity (Wildman–Crippen MR) is 87.4 cm³/mol. The first kappa shape index (κ1) is 16.1. The van der Waals surface area contributed by atoms with Crippen LogP contribution in [0.4, 0.5) is 0 Å². The van der Waals surface area contributed by atoms with Crippen molar-refractivity contribution < 1.29 is 8.42 Å². The Morgan fingerprint density at radius 1 is 1.26 bits per heavy atom. The third kappa shape index (κ3) is 3.59. The van der Waals surface area contributed by atoms with Crippen LogP contribution in [0, 0.1) is 0 Å². The fraction of sp³-hybridized carbons (Fsp3) is 0.231. The predicted octanol–water partition coefficient (Wildman–Crippen LogP) is 2.29. The molecule has 0 fully saturated rings. The van der Waals surface area contributed by atoms with Crippen LogP contribution in [0.1, 0.15) is 18.5 Å². The Kier molecular flexibility index (Phi) is 4.46. The minimum atomic E-state index is -3.25. The SMILES string of the molecule is CC(c1ccccc1)n1nnnc1Sc1ncc(S(C)(=O)=O)s1. The number of aromatic nitrogens is 5. The van der Waals surface area contributed by atoms with Gasteiger partial charge < -0.3 is 0 Å². The minimum absolute atomic E-state index is 0.0389. The number of nitrogens with zero attached hydrogens (tertiary/aromatic N) is 5. The molecule has 1 unspecified atom stereocenters. The normalized spacial score (nSPS) is 13.1. The number of benzene rings is 1. The zero-order chi connectivity index (χ0) is 16.4. The van der Waals surface area contributed by atoms with Crippen LogP contribution in [0.3, 0.4) is 0 Å². The standard InChI is InChI=1S/C13H13N5O2S3/c1-9(10-6-4-3-5-7-10)18-12(15-16-17-18)22-13-14-8-11(21-13)23(2,19)20/h3-9H,1-2H3. The minimum Gasteiger partial charge on any atom is -0.236 e. The van der Waals surface area contributed by atoms with E-state index in [-0.39, 0.29) is 10.3 Å². The molecule has 0 N–H and O–H groups in total. The first-order chi connectivity index (χ1) is 10.9. The van der Waals surface area contributed by atoms with Gasteiger partial charge in [-0.3, -0.25) is 0 Å². The van der Waals surface area contributed by atoms with Crippen molar-refractivity contribution in [2.24, 2.45) is 0 Å². The third-order valence-corrected chi connectivity index (χ3v) is 6.93. The van der Waals surface area contributed by atoms with Gasteiger partial charge in [-0.15, -0.1) is 5.10 Å². The summed E-state index contributed by atoms with van der Waals surface area (Å²) < 4.78 is 25.6. The van der Waals surface area contributed by atoms with E-state index in [1.807, 2.05) is 37.3 Å². The number of thiazole rings is 1. The van der Waals surface area contributed by atoms with Crippen LogP contribution in [-0.2, 0) is 9.84 Å². The molecule has 0 amide bonds. The molecule has 0 aliphatic heterocycles. The highest BCUT2D eigenvalue weighted by atomic mass is 32.2. The van der Waals surface area contributed by atoms with Crippen LogP contribution in [0.2, 0.25) is 0 Å². The van der Waals surface area contributed by atoms with E-state index >= 15 is 0 Å². The first-order valence-corrected chi connectivity index (χ1v) is 10.1. The van der Waals surface area contributed by atoms with Gasteiger partial charge in [-0.05, 0) is 34.7 Å². The Hall–Kier alpha value is -1.78. The number of sulfone groups is 1. The third-order valence-electron chi connectivity index (χ3n) is 3.12. The van der Waals surface area contributed by atoms with E-state index in [0.29, 0.717) is 9.50 Å². The zero-order valence-electron chi connectivity index (χ0n) is 12.3. The van der Waals surface area contributed by atoms with Crippen molar-refractivity contribution in [2.45, 2.75) is 26.7 Å². The first-order valence-electron chi connectivity index (χ1n) is 6.61. The Morgan fingerprint density at radius 2 is 2.00 bits per heavy atom. The van der Waals surface area contributed by atoms with Gasteiger partial charge in [0.1, 0.15) is 4.21 Å². The summed E-state index contributed by atoms with van der Waals surface area (Å²) in [5, 5.41) is 12.3. The van der Waals surface area contributed by atoms with Gasteiger partial charge in [0.2, 0.25) is 5.16 Å². The molecule has 120 valence electrons. The second-order valence-electron chi connectivity index (χ2n) is 4.81. The van der Waals surface area contributed by atoms with Crippen molar-refractivity contribution in [1.29, 1.82) is 0 Å². The molecule has 3 rings (SSSR count). The molecule has 1 atom stereocenters. The lowest BCUT2D eigenvalue weighted by Gasteiger charge is -2.12. The summed E-state index contributed by atoms with van der Waals surface area (Å²) in [6, 6.07) is 9.85. The van der Waals surface area contributed by atoms with E-state index in [1.54, 1.807) is 4.68 Å². The van der Waals surface area contributed by atoms with E-state index in [4.69, 9.17) is 0 Å². The summed E-state index contributed by atoms with van der Waals surface area (Å²) in [7, 11) is -3.25. The van der Waals surface area contributed by atoms with Crippen LogP contribution in [0.5, 0.6) is 0 Å². The number of hydrogen-bond donors (Lipinski definition) is 0. The Balaban J connectivity index is 1.86. The van der Waals surface area contributed by atoms with Gasteiger partial charge >= 0.3 is 0 Å². The maximum Gasteiger partial charge on any atom is 0.216 e. The molecule has 0 aliphatic carbocycles. The monoisotopic (exact) mass is 367 g/mol. The summed E-state index contributed by atoms with van der Waals surface area (Å²) in [5.41, 5.74) is 1.08. The van der Waals surface area contributed by atoms with Gasteiger partial charge in [-0.2, -0.15) is 0 Å². The van der Waals surface area contributed by atoms with Crippen LogP contribution >= 0.6 is 23.1 Å². The maximum atomic E-state index is 11.5. The molecule has 0 spiro atoms. The largest absolute Gasteiger partial charge is 0.236 e. The average Bonchev–Trinajstić information content (AvgIpc) is 3.17. The molecule has 0 aliphatic rings. The van der Waals surface area contributed by atoms with Crippen LogP contribution < -0.4 is 0 Å². The quantitative estimate of drug-likeness (QED) is 0.683. The Bertz CT molecular complexity index is 905. The van der Waals surface area contributed by atoms with Crippen LogP contribution in [0.15, 0.2) is 50.2 Å². The smallest absolute Gasteiger partial charge is 0.216 e. The summed E-state index contributed by atoms with van der Waals surface area (Å²) in [5.74, 6) is 0. The fourth-order valence-electron chi connectivity index (χ4n) is 1.91. The lowest BCUT2D eigenvalue weighted by molar-refractivity contribution is 0.504. The second kappa shape index (κ2) is 6.38. The molecule has 3 aromatic rings. The number of hydrogen-bond acceptors (Lipinski definition) is 8. The van der Waals surface area contributed by atoms with E-state index in [1.165, 1.54) is 18.0 Å². The van der Waals surface area contributed by atoms with Crippen molar-refractivity contribution in [1.82, 2.24) is 25.2 Å². The molecule has 0 saturated carbocycles. The summed E-state index contributed by atoms with van der Waals surface area (Å²) in [6.07, 6.45) is 2.52. The molecule has 1 aromatic carbocycles. The molecule has 7 nitrogen and oxygen atoms in total. The number of tetrazole rings is 1. The zero-order valence-corrected chi connectivity index (χ0v) is 14.8. The van der Waals surface area contributed by atoms with Crippen molar-refractivity contribution >= 4 is 32.9 Å². The van der Waals surface area contributed by atoms with E-state index < -0.39 is 9.84 Å². The molecule has 0 bridgehead atoms. The lowest BCUT2D eigenvalue weighted by atomic mass is 10.1. The lowest BCUT2D eigenvalue weighted by Crippen LogP contribution is -2.09. The molecule has 2 aromatic heterocycles. The molecule has 10 heteroatoms. The molecule has 2 heterocycles. The van der Waals surface area contributed by atoms with E-state index in [9.17, 15) is 8.42 Å². The Morgan fingerprint density at radius 3 is 2.65 bits per heavy atom. The average molecular weight is 367 g/mol. The van der Waals surface area contributed by atoms with Gasteiger partial charge in [0.15, 0.2) is 14.2 Å². The summed E-state index contributed by atoms with van der Waals surface area (Å²) >= 11 is 2.36. The molecular formula is C13H13N5O2S3. The van der Waals surface area contributed by atoms with Gasteiger partial charge in [-0.25, -0.2) is 18.1 Å². The topological polar surface area (TPSA) is 90.6 Å². The summed E-state index contributed by atoms with van der Waals surface area (Å²) in [6.45, 7) is 2.00. The fourth-order valence-corrected chi connectivity index (χ4v) is 4.82. The van der Waals surface area contributed by atoms with Crippen molar-refractivity contribution in [3.8, 4) is 0 Å². The van der Waals surface area contributed by atoms with Crippen molar-refractivity contribution in [2.75, 3.05) is 6.26 Å². The molecule has 0 saturated heterocycles. The van der Waals surface area contributed by atoms with E-state index in [2.05, 4.69) is 20.5 Å². The molecule has 23 heavy (non-hydrogen) atoms. The van der Waals surface area contributed by atoms with Crippen molar-refractivity contribution in [3.63, 3.8) is 0 Å². The van der Waals surface area contributed by atoms with Gasteiger partial charge in [0, 0.05) is 6.26 Å². The van der Waals surface area contributed by atoms with Gasteiger partial charge in [0.25, 0.3) is 0 Å². The van der Waals surface area contributed by atoms with Crippen LogP contribution in [-0.4, -0.2) is 39.9 Å². The number of rotatable bonds is 5. The second-order valence-corrected chi connectivity index (χ2v) is 9.30. The van der Waals surface area contributed by atoms with E-state index in [0.717, 1.165) is 23.2 Å². The van der Waals surface area contributed by atoms with Gasteiger partial charge in [0.05, 0.1) is 12.2 Å². The van der Waals surface area contributed by atoms with Gasteiger partial charge in [-0.1, -0.05) is 41.7 Å². The molecule has 0 radical (unpaired) electrons. The summed E-state index contributed by atoms with van der Waals surface area (Å²) in [4.78, 5) is 4.12.